The Morgan fingerprint density at radius 1 is 0.851 bits per heavy atom. The van der Waals surface area contributed by atoms with E-state index in [-0.39, 0.29) is 132 Å². The van der Waals surface area contributed by atoms with E-state index in [0.717, 1.165) is 85.2 Å². The molecule has 0 bridgehead atoms. The van der Waals surface area contributed by atoms with Gasteiger partial charge in [-0.2, -0.15) is 0 Å². The molecule has 1 fully saturated rings. The first kappa shape index (κ1) is 78.2. The lowest BCUT2D eigenvalue weighted by Gasteiger charge is -2.40. The number of ether oxygens (including phenoxy) is 4. The van der Waals surface area contributed by atoms with Crippen molar-refractivity contribution in [2.45, 2.75) is 189 Å². The topological polar surface area (TPSA) is 251 Å². The lowest BCUT2D eigenvalue weighted by molar-refractivity contribution is -0.166. The van der Waals surface area contributed by atoms with Gasteiger partial charge in [0.15, 0.2) is 0 Å². The molecule has 1 aliphatic heterocycles. The van der Waals surface area contributed by atoms with E-state index >= 15 is 4.79 Å². The normalized spacial score (nSPS) is 15.5. The van der Waals surface area contributed by atoms with Gasteiger partial charge in [0.2, 0.25) is 30.0 Å². The minimum absolute atomic E-state index is 0.0203. The van der Waals surface area contributed by atoms with Gasteiger partial charge in [-0.25, -0.2) is 9.37 Å². The number of thiazole rings is 1. The lowest BCUT2D eigenvalue weighted by Crippen LogP contribution is -2.59. The predicted octanol–water partition coefficient (Wildman–Crippen LogP) is 10.3. The summed E-state index contributed by atoms with van der Waals surface area (Å²) in [4.78, 5) is 92.8. The van der Waals surface area contributed by atoms with Gasteiger partial charge >= 0.3 is 5.97 Å². The summed E-state index contributed by atoms with van der Waals surface area (Å²) in [5.41, 5.74) is 3.29. The molecule has 6 N–H and O–H groups in total. The summed E-state index contributed by atoms with van der Waals surface area (Å²) in [6, 6.07) is 19.1. The highest BCUT2D eigenvalue weighted by Crippen LogP contribution is 2.34. The zero-order valence-electron chi connectivity index (χ0n) is 57.1. The fourth-order valence-corrected chi connectivity index (χ4v) is 12.4. The van der Waals surface area contributed by atoms with Crippen LogP contribution in [0.5, 0.6) is 0 Å². The van der Waals surface area contributed by atoms with Crippen molar-refractivity contribution >= 4 is 58.6 Å². The Hall–Kier alpha value is -6.50. The summed E-state index contributed by atoms with van der Waals surface area (Å²) in [5, 5.41) is 35.6. The van der Waals surface area contributed by atoms with Crippen LogP contribution in [0.3, 0.4) is 0 Å². The van der Waals surface area contributed by atoms with Gasteiger partial charge in [-0.15, -0.1) is 11.3 Å². The molecule has 520 valence electrons. The van der Waals surface area contributed by atoms with Crippen LogP contribution in [0, 0.1) is 23.1 Å². The number of hydrogen-bond donors (Lipinski definition) is 6. The molecule has 4 aromatic rings. The second-order valence-electron chi connectivity index (χ2n) is 25.5. The van der Waals surface area contributed by atoms with Crippen LogP contribution >= 0.6 is 11.3 Å². The third-order valence-corrected chi connectivity index (χ3v) is 18.4. The van der Waals surface area contributed by atoms with Crippen LogP contribution in [0.1, 0.15) is 176 Å². The molecule has 5 amide bonds. The molecule has 5 rings (SSSR count). The minimum Gasteiger partial charge on any atom is -0.481 e. The summed E-state index contributed by atoms with van der Waals surface area (Å²) >= 11 is 1.15. The molecule has 0 saturated carbocycles. The number of aliphatic hydroxyl groups excluding tert-OH is 1. The molecule has 3 aromatic carbocycles. The van der Waals surface area contributed by atoms with Gasteiger partial charge in [-0.3, -0.25) is 39.0 Å². The van der Waals surface area contributed by atoms with Gasteiger partial charge in [0.1, 0.15) is 28.7 Å². The maximum Gasteiger partial charge on any atom is 0.309 e. The zero-order valence-corrected chi connectivity index (χ0v) is 58.0. The highest BCUT2D eigenvalue weighted by Gasteiger charge is 2.39. The fourth-order valence-electron chi connectivity index (χ4n) is 11.6. The van der Waals surface area contributed by atoms with Crippen molar-refractivity contribution in [2.24, 2.45) is 17.3 Å². The number of nitrogens with one attached hydrogen (secondary N) is 4. The molecule has 1 saturated heterocycles. The second-order valence-corrected chi connectivity index (χ2v) is 26.3. The van der Waals surface area contributed by atoms with Crippen molar-refractivity contribution in [3.8, 4) is 0 Å². The molecule has 7 atom stereocenters. The van der Waals surface area contributed by atoms with Crippen molar-refractivity contribution in [1.82, 2.24) is 36.1 Å². The number of aliphatic hydroxyl groups is 1. The van der Waals surface area contributed by atoms with E-state index in [1.165, 1.54) is 12.1 Å². The van der Waals surface area contributed by atoms with Gasteiger partial charge < -0.3 is 54.9 Å². The van der Waals surface area contributed by atoms with E-state index in [1.807, 2.05) is 82.1 Å². The Labute approximate surface area is 561 Å². The van der Waals surface area contributed by atoms with Gasteiger partial charge in [-0.05, 0) is 118 Å². The quantitative estimate of drug-likeness (QED) is 0.0178. The molecule has 1 aliphatic rings. The predicted molar refractivity (Wildman–Crippen MR) is 366 cm³/mol. The maximum absolute atomic E-state index is 15.3. The molecular weight excluding hydrogens is 1220 g/mol. The number of para-hydroxylation sites is 1. The molecule has 1 unspecified atom stereocenters. The number of rotatable bonds is 45. The maximum atomic E-state index is 15.3. The van der Waals surface area contributed by atoms with Crippen LogP contribution in [0.4, 0.5) is 10.1 Å². The summed E-state index contributed by atoms with van der Waals surface area (Å²) < 4.78 is 37.5. The second kappa shape index (κ2) is 41.5. The average Bonchev–Trinajstić information content (AvgIpc) is 1.15. The number of carboxylic acids is 1. The first-order chi connectivity index (χ1) is 45.1. The molecule has 94 heavy (non-hydrogen) atoms. The molecule has 0 aliphatic carbocycles. The number of aliphatic carboxylic acids is 1. The monoisotopic (exact) mass is 1330 g/mol. The van der Waals surface area contributed by atoms with Crippen molar-refractivity contribution in [3.63, 3.8) is 0 Å². The molecular formula is C72H107FN8O12S. The fraction of sp³-hybridized carbons (Fsp3) is 0.597. The van der Waals surface area contributed by atoms with Crippen LogP contribution in [-0.2, 0) is 62.3 Å². The highest BCUT2D eigenvalue weighted by molar-refractivity contribution is 7.09. The van der Waals surface area contributed by atoms with Gasteiger partial charge in [-0.1, -0.05) is 141 Å². The number of carbonyl (C=O) groups excluding carboxylic acids is 5. The summed E-state index contributed by atoms with van der Waals surface area (Å²) in [7, 11) is 1.95. The Morgan fingerprint density at radius 2 is 1.52 bits per heavy atom. The SMILES string of the molecule is C=Cc1ccccc1N(Cc1ccccc1CC)C(=O)CCC(=O)NCCOCCOCCOCCNC(O)O[C@H](C[C@H](C(C)C)N(CCCCCC)C(=O)[C@@H](NC(=O)[C@H]1CCCCN1C)[C@@H](C)CC)c1nc(C(=O)N[C@@H](Cc2ccc(F)cc2)CC(C)(C)C(=O)O)cs1. The number of nitrogens with zero attached hydrogens (tertiary/aromatic N) is 4. The molecule has 1 aromatic heterocycles. The average molecular weight is 1330 g/mol. The zero-order chi connectivity index (χ0) is 68.6. The van der Waals surface area contributed by atoms with Crippen LogP contribution in [0.25, 0.3) is 6.08 Å². The highest BCUT2D eigenvalue weighted by atomic mass is 32.1. The number of hydrogen-bond acceptors (Lipinski definition) is 15. The number of halogens is 1. The smallest absolute Gasteiger partial charge is 0.309 e. The number of anilines is 1. The minimum atomic E-state index is -1.55. The summed E-state index contributed by atoms with van der Waals surface area (Å²) in [6.07, 6.45) is 7.40. The number of likely N-dealkylation sites (tertiary alicyclic amines) is 1. The number of aryl methyl sites for hydroxylation is 1. The van der Waals surface area contributed by atoms with E-state index in [4.69, 9.17) is 23.9 Å². The van der Waals surface area contributed by atoms with Crippen molar-refractivity contribution in [2.75, 3.05) is 77.8 Å². The molecule has 22 heteroatoms. The number of carbonyl (C=O) groups is 6. The van der Waals surface area contributed by atoms with Crippen LogP contribution < -0.4 is 26.2 Å². The van der Waals surface area contributed by atoms with Crippen LogP contribution in [0.15, 0.2) is 84.8 Å². The number of likely N-dealkylation sites (N-methyl/N-ethyl adjacent to an activating group) is 1. The number of amides is 5. The first-order valence-corrected chi connectivity index (χ1v) is 34.7. The Kier molecular flexibility index (Phi) is 34.5. The first-order valence-electron chi connectivity index (χ1n) is 33.8. The number of piperidine rings is 1. The van der Waals surface area contributed by atoms with E-state index in [2.05, 4.69) is 52.7 Å². The standard InChI is InChI=1S/C72H107FN8O12S/c1-11-15-16-22-38-80(69(86)65(51(7)12-2)78-67(85)60-28-21-23-37-79(60)10)61(50(5)6)46-62(68-77-58(49-94-68)66(84)76-57(47-72(8,9)70(87)88)45-52-29-31-56(73)32-30-52)93-71(89)75-36-40-91-42-44-92-43-41-90-39-35-74-63(82)33-34-64(83)81(59-27-20-19-25-54(59)14-4)48-55-26-18-17-24-53(55)13-3/h14,17-20,24-27,29-32,49-51,57,60-62,65,71,75,89H,4,11-13,15-16,21-23,28,33-48H2,1-3,5-10H3,(H,74,82)(H,76,84)(H,78,85)(H,87,88)/t51-,57-,60+,61+,62+,65-,71?/m0/s1. The van der Waals surface area contributed by atoms with Crippen molar-refractivity contribution in [1.29, 1.82) is 0 Å². The molecule has 20 nitrogen and oxygen atoms in total. The van der Waals surface area contributed by atoms with Crippen molar-refractivity contribution < 1.29 is 62.3 Å². The number of carboxylic acid groups (broad SMARTS) is 1. The van der Waals surface area contributed by atoms with Gasteiger partial charge in [0.25, 0.3) is 5.91 Å². The number of benzene rings is 3. The molecule has 0 radical (unpaired) electrons. The van der Waals surface area contributed by atoms with E-state index < -0.39 is 53.8 Å². The molecule has 2 heterocycles. The largest absolute Gasteiger partial charge is 0.481 e. The van der Waals surface area contributed by atoms with Gasteiger partial charge in [0.05, 0.1) is 63.3 Å². The van der Waals surface area contributed by atoms with E-state index in [1.54, 1.807) is 42.3 Å². The summed E-state index contributed by atoms with van der Waals surface area (Å²) in [5.74, 6) is -3.14. The van der Waals surface area contributed by atoms with Crippen LogP contribution in [0.2, 0.25) is 0 Å². The number of unbranched alkanes of at least 4 members (excludes halogenated alkanes) is 3. The Balaban J connectivity index is 1.18. The Morgan fingerprint density at radius 3 is 2.17 bits per heavy atom. The summed E-state index contributed by atoms with van der Waals surface area (Å²) in [6.45, 7) is 22.9. The number of aromatic nitrogens is 1. The third kappa shape index (κ3) is 25.9. The Bertz CT molecular complexity index is 2970. The molecule has 0 spiro atoms. The van der Waals surface area contributed by atoms with Crippen LogP contribution in [-0.4, -0.2) is 164 Å². The third-order valence-electron chi connectivity index (χ3n) is 17.4. The van der Waals surface area contributed by atoms with E-state index in [0.29, 0.717) is 36.5 Å². The lowest BCUT2D eigenvalue weighted by atomic mass is 9.84. The van der Waals surface area contributed by atoms with Gasteiger partial charge in [0, 0.05) is 56.4 Å². The van der Waals surface area contributed by atoms with E-state index in [9.17, 15) is 38.6 Å². The van der Waals surface area contributed by atoms with Crippen molar-refractivity contribution in [3.05, 3.63) is 124 Å².